The molecule has 1 aromatic rings. The summed E-state index contributed by atoms with van der Waals surface area (Å²) in [5.74, 6) is 1.30. The van der Waals surface area contributed by atoms with Gasteiger partial charge in [-0.2, -0.15) is 4.98 Å². The number of hydrogen-bond donors (Lipinski definition) is 1. The summed E-state index contributed by atoms with van der Waals surface area (Å²) >= 11 is 0. The van der Waals surface area contributed by atoms with Crippen LogP contribution in [0.2, 0.25) is 0 Å². The summed E-state index contributed by atoms with van der Waals surface area (Å²) in [6, 6.07) is 0.0327. The van der Waals surface area contributed by atoms with Crippen molar-refractivity contribution >= 4 is 6.09 Å². The topological polar surface area (TPSA) is 104 Å². The fraction of sp³-hybridized carbons (Fsp3) is 0.824. The molecule has 0 spiro atoms. The Bertz CT molecular complexity index is 567. The molecule has 142 valence electrons. The fourth-order valence-electron chi connectivity index (χ4n) is 2.82. The van der Waals surface area contributed by atoms with Gasteiger partial charge in [-0.05, 0) is 47.5 Å². The van der Waals surface area contributed by atoms with Crippen LogP contribution >= 0.6 is 0 Å². The minimum absolute atomic E-state index is 0.0274. The molecule has 1 saturated heterocycles. The van der Waals surface area contributed by atoms with Gasteiger partial charge in [-0.1, -0.05) is 5.16 Å². The number of carbonyl (C=O) groups is 1. The fourth-order valence-corrected chi connectivity index (χ4v) is 2.82. The van der Waals surface area contributed by atoms with Gasteiger partial charge >= 0.3 is 6.09 Å². The number of piperidine rings is 1. The second kappa shape index (κ2) is 8.14. The lowest BCUT2D eigenvalue weighted by molar-refractivity contribution is 0.0100. The zero-order valence-corrected chi connectivity index (χ0v) is 15.8. The lowest BCUT2D eigenvalue weighted by atomic mass is 9.91. The van der Waals surface area contributed by atoms with Crippen molar-refractivity contribution in [2.24, 2.45) is 5.73 Å². The zero-order chi connectivity index (χ0) is 18.6. The molecule has 1 aromatic heterocycles. The van der Waals surface area contributed by atoms with E-state index in [4.69, 9.17) is 19.7 Å². The van der Waals surface area contributed by atoms with Crippen molar-refractivity contribution in [3.05, 3.63) is 11.7 Å². The summed E-state index contributed by atoms with van der Waals surface area (Å²) in [5.41, 5.74) is 5.15. The van der Waals surface area contributed by atoms with Crippen LogP contribution in [0.4, 0.5) is 4.79 Å². The normalized spacial score (nSPS) is 22.7. The number of carbonyl (C=O) groups excluding carboxylic acids is 1. The Kier molecular flexibility index (Phi) is 6.40. The van der Waals surface area contributed by atoms with E-state index in [9.17, 15) is 4.79 Å². The van der Waals surface area contributed by atoms with Crippen LogP contribution in [0.1, 0.15) is 65.1 Å². The Hall–Kier alpha value is -1.67. The second-order valence-electron chi connectivity index (χ2n) is 7.78. The molecular weight excluding hydrogens is 324 g/mol. The lowest BCUT2D eigenvalue weighted by Gasteiger charge is -2.37. The first-order chi connectivity index (χ1) is 11.7. The maximum atomic E-state index is 12.3. The van der Waals surface area contributed by atoms with Crippen LogP contribution in [0, 0.1) is 0 Å². The summed E-state index contributed by atoms with van der Waals surface area (Å²) in [6.45, 7) is 10.8. The maximum Gasteiger partial charge on any atom is 0.410 e. The molecule has 2 N–H and O–H groups in total. The van der Waals surface area contributed by atoms with Crippen molar-refractivity contribution in [2.75, 3.05) is 13.2 Å². The Morgan fingerprint density at radius 1 is 1.48 bits per heavy atom. The molecule has 0 aromatic carbocycles. The Labute approximate surface area is 149 Å². The molecule has 0 aliphatic carbocycles. The first-order valence-electron chi connectivity index (χ1n) is 8.81. The van der Waals surface area contributed by atoms with E-state index in [1.54, 1.807) is 4.90 Å². The number of nitrogens with zero attached hydrogens (tertiary/aromatic N) is 3. The molecule has 2 heterocycles. The lowest BCUT2D eigenvalue weighted by Crippen LogP contribution is -2.46. The largest absolute Gasteiger partial charge is 0.444 e. The molecule has 8 nitrogen and oxygen atoms in total. The minimum atomic E-state index is -0.489. The van der Waals surface area contributed by atoms with Crippen LogP contribution in [-0.2, 0) is 16.1 Å². The molecule has 3 unspecified atom stereocenters. The van der Waals surface area contributed by atoms with E-state index in [-0.39, 0.29) is 30.7 Å². The first kappa shape index (κ1) is 19.7. The SMILES string of the molecule is CC(N)COCc1nc(C2CCN(C(=O)OC(C)(C)C)C(C)C2)no1. The van der Waals surface area contributed by atoms with Crippen molar-refractivity contribution in [3.63, 3.8) is 0 Å². The number of rotatable bonds is 5. The average Bonchev–Trinajstić information content (AvgIpc) is 2.93. The molecule has 1 aliphatic heterocycles. The van der Waals surface area contributed by atoms with Gasteiger partial charge in [0.25, 0.3) is 5.89 Å². The van der Waals surface area contributed by atoms with Gasteiger partial charge < -0.3 is 24.6 Å². The number of ether oxygens (including phenoxy) is 2. The van der Waals surface area contributed by atoms with E-state index in [0.29, 0.717) is 24.9 Å². The predicted octanol–water partition coefficient (Wildman–Crippen LogP) is 2.44. The van der Waals surface area contributed by atoms with Gasteiger partial charge in [0, 0.05) is 24.5 Å². The number of hydrogen-bond acceptors (Lipinski definition) is 7. The molecule has 1 aliphatic rings. The van der Waals surface area contributed by atoms with Crippen LogP contribution in [0.5, 0.6) is 0 Å². The van der Waals surface area contributed by atoms with Gasteiger partial charge in [0.05, 0.1) is 6.61 Å². The quantitative estimate of drug-likeness (QED) is 0.866. The summed E-state index contributed by atoms with van der Waals surface area (Å²) in [7, 11) is 0. The zero-order valence-electron chi connectivity index (χ0n) is 15.8. The summed E-state index contributed by atoms with van der Waals surface area (Å²) in [6.07, 6.45) is 1.29. The molecule has 3 atom stereocenters. The smallest absolute Gasteiger partial charge is 0.410 e. The third-order valence-corrected chi connectivity index (χ3v) is 3.96. The molecule has 0 saturated carbocycles. The van der Waals surface area contributed by atoms with Crippen LogP contribution < -0.4 is 5.73 Å². The maximum absolute atomic E-state index is 12.3. The number of aromatic nitrogens is 2. The van der Waals surface area contributed by atoms with E-state index in [0.717, 1.165) is 12.8 Å². The Morgan fingerprint density at radius 2 is 2.20 bits per heavy atom. The van der Waals surface area contributed by atoms with Crippen molar-refractivity contribution in [3.8, 4) is 0 Å². The average molecular weight is 354 g/mol. The molecular formula is C17H30N4O4. The highest BCUT2D eigenvalue weighted by molar-refractivity contribution is 5.68. The van der Waals surface area contributed by atoms with Crippen molar-refractivity contribution < 1.29 is 18.8 Å². The molecule has 8 heteroatoms. The summed E-state index contributed by atoms with van der Waals surface area (Å²) in [5, 5.41) is 4.07. The molecule has 0 bridgehead atoms. The number of amides is 1. The van der Waals surface area contributed by atoms with E-state index in [2.05, 4.69) is 10.1 Å². The Balaban J connectivity index is 1.88. The van der Waals surface area contributed by atoms with Crippen molar-refractivity contribution in [1.82, 2.24) is 15.0 Å². The van der Waals surface area contributed by atoms with E-state index >= 15 is 0 Å². The highest BCUT2D eigenvalue weighted by atomic mass is 16.6. The molecule has 25 heavy (non-hydrogen) atoms. The molecule has 0 radical (unpaired) electrons. The van der Waals surface area contributed by atoms with Crippen LogP contribution in [-0.4, -0.2) is 52.0 Å². The van der Waals surface area contributed by atoms with E-state index in [1.807, 2.05) is 34.6 Å². The standard InChI is InChI=1S/C17H30N4O4/c1-11(18)9-23-10-14-19-15(20-25-14)13-6-7-21(12(2)8-13)16(22)24-17(3,4)5/h11-13H,6-10,18H2,1-5H3. The van der Waals surface area contributed by atoms with Crippen molar-refractivity contribution in [1.29, 1.82) is 0 Å². The minimum Gasteiger partial charge on any atom is -0.444 e. The number of likely N-dealkylation sites (tertiary alicyclic amines) is 1. The van der Waals surface area contributed by atoms with Crippen LogP contribution in [0.25, 0.3) is 0 Å². The van der Waals surface area contributed by atoms with Gasteiger partial charge in [0.15, 0.2) is 5.82 Å². The first-order valence-corrected chi connectivity index (χ1v) is 8.81. The monoisotopic (exact) mass is 354 g/mol. The third-order valence-electron chi connectivity index (χ3n) is 3.96. The van der Waals surface area contributed by atoms with Gasteiger partial charge in [-0.15, -0.1) is 0 Å². The van der Waals surface area contributed by atoms with Crippen LogP contribution in [0.3, 0.4) is 0 Å². The van der Waals surface area contributed by atoms with Gasteiger partial charge in [-0.25, -0.2) is 4.79 Å². The molecule has 1 amide bonds. The van der Waals surface area contributed by atoms with Gasteiger partial charge in [0.2, 0.25) is 0 Å². The van der Waals surface area contributed by atoms with Crippen LogP contribution in [0.15, 0.2) is 4.52 Å². The molecule has 1 fully saturated rings. The third kappa shape index (κ3) is 5.97. The second-order valence-corrected chi connectivity index (χ2v) is 7.78. The Morgan fingerprint density at radius 3 is 2.80 bits per heavy atom. The van der Waals surface area contributed by atoms with Gasteiger partial charge in [0.1, 0.15) is 12.2 Å². The van der Waals surface area contributed by atoms with Crippen molar-refractivity contribution in [2.45, 2.75) is 77.7 Å². The van der Waals surface area contributed by atoms with E-state index < -0.39 is 5.60 Å². The van der Waals surface area contributed by atoms with Gasteiger partial charge in [-0.3, -0.25) is 0 Å². The number of nitrogens with two attached hydrogens (primary N) is 1. The summed E-state index contributed by atoms with van der Waals surface area (Å²) in [4.78, 5) is 18.5. The predicted molar refractivity (Wildman–Crippen MR) is 92.0 cm³/mol. The molecule has 2 rings (SSSR count). The van der Waals surface area contributed by atoms with E-state index in [1.165, 1.54) is 0 Å². The summed E-state index contributed by atoms with van der Waals surface area (Å²) < 4.78 is 16.1. The highest BCUT2D eigenvalue weighted by Crippen LogP contribution is 2.30. The highest BCUT2D eigenvalue weighted by Gasteiger charge is 2.34.